The van der Waals surface area contributed by atoms with Crippen molar-refractivity contribution in [1.29, 1.82) is 0 Å². The van der Waals surface area contributed by atoms with Crippen LogP contribution in [0.1, 0.15) is 0 Å². The number of ether oxygens (including phenoxy) is 2. The predicted molar refractivity (Wildman–Crippen MR) is 57.3 cm³/mol. The van der Waals surface area contributed by atoms with E-state index in [1.165, 1.54) is 11.5 Å². The SMILES string of the molecule is c1cc(NC2CSC2)c2c(c1)OCO2. The van der Waals surface area contributed by atoms with Gasteiger partial charge in [0.15, 0.2) is 11.5 Å². The Morgan fingerprint density at radius 1 is 1.29 bits per heavy atom. The summed E-state index contributed by atoms with van der Waals surface area (Å²) >= 11 is 1.96. The fraction of sp³-hybridized carbons (Fsp3) is 0.400. The van der Waals surface area contributed by atoms with Crippen molar-refractivity contribution < 1.29 is 9.47 Å². The molecule has 4 heteroatoms. The molecule has 0 aliphatic carbocycles. The lowest BCUT2D eigenvalue weighted by Gasteiger charge is -2.27. The van der Waals surface area contributed by atoms with E-state index in [9.17, 15) is 0 Å². The molecule has 1 fully saturated rings. The molecular weight excluding hydrogens is 198 g/mol. The second kappa shape index (κ2) is 3.28. The van der Waals surface area contributed by atoms with Crippen molar-refractivity contribution >= 4 is 17.4 Å². The first-order valence-electron chi connectivity index (χ1n) is 4.66. The third-order valence-corrected chi connectivity index (χ3v) is 3.67. The van der Waals surface area contributed by atoms with Crippen LogP contribution >= 0.6 is 11.8 Å². The fourth-order valence-electron chi connectivity index (χ4n) is 1.58. The first kappa shape index (κ1) is 8.29. The van der Waals surface area contributed by atoms with Crippen molar-refractivity contribution in [1.82, 2.24) is 0 Å². The number of fused-ring (bicyclic) bond motifs is 1. The Hall–Kier alpha value is -1.03. The molecule has 2 heterocycles. The van der Waals surface area contributed by atoms with Gasteiger partial charge in [0, 0.05) is 17.5 Å². The van der Waals surface area contributed by atoms with E-state index >= 15 is 0 Å². The summed E-state index contributed by atoms with van der Waals surface area (Å²) in [6.07, 6.45) is 0. The van der Waals surface area contributed by atoms with E-state index in [0.717, 1.165) is 17.2 Å². The molecule has 0 radical (unpaired) electrons. The highest BCUT2D eigenvalue weighted by Gasteiger charge is 2.22. The van der Waals surface area contributed by atoms with Crippen LogP contribution in [0.4, 0.5) is 5.69 Å². The maximum Gasteiger partial charge on any atom is 0.231 e. The van der Waals surface area contributed by atoms with E-state index in [1.807, 2.05) is 30.0 Å². The molecule has 0 saturated carbocycles. The van der Waals surface area contributed by atoms with Gasteiger partial charge in [0.25, 0.3) is 0 Å². The summed E-state index contributed by atoms with van der Waals surface area (Å²) in [7, 11) is 0. The molecule has 0 unspecified atom stereocenters. The second-order valence-electron chi connectivity index (χ2n) is 3.42. The lowest BCUT2D eigenvalue weighted by Crippen LogP contribution is -2.33. The van der Waals surface area contributed by atoms with Crippen LogP contribution in [0.3, 0.4) is 0 Å². The van der Waals surface area contributed by atoms with E-state index in [4.69, 9.17) is 9.47 Å². The van der Waals surface area contributed by atoms with Crippen molar-refractivity contribution in [3.63, 3.8) is 0 Å². The molecule has 1 N–H and O–H groups in total. The predicted octanol–water partition coefficient (Wildman–Crippen LogP) is 1.94. The molecular formula is C10H11NO2S. The third kappa shape index (κ3) is 1.30. The molecule has 14 heavy (non-hydrogen) atoms. The van der Waals surface area contributed by atoms with Crippen molar-refractivity contribution in [2.24, 2.45) is 0 Å². The molecule has 0 atom stereocenters. The molecule has 0 amide bonds. The van der Waals surface area contributed by atoms with Crippen LogP contribution in [0, 0.1) is 0 Å². The van der Waals surface area contributed by atoms with Gasteiger partial charge in [0.2, 0.25) is 6.79 Å². The minimum atomic E-state index is 0.341. The first-order valence-corrected chi connectivity index (χ1v) is 5.82. The number of para-hydroxylation sites is 1. The summed E-state index contributed by atoms with van der Waals surface area (Å²) in [5, 5.41) is 3.45. The number of hydrogen-bond acceptors (Lipinski definition) is 4. The topological polar surface area (TPSA) is 30.5 Å². The Bertz CT molecular complexity index is 352. The zero-order valence-electron chi connectivity index (χ0n) is 7.66. The van der Waals surface area contributed by atoms with Gasteiger partial charge in [-0.2, -0.15) is 11.8 Å². The van der Waals surface area contributed by atoms with Crippen molar-refractivity contribution in [3.05, 3.63) is 18.2 Å². The van der Waals surface area contributed by atoms with Crippen LogP contribution in [-0.4, -0.2) is 24.3 Å². The van der Waals surface area contributed by atoms with Crippen molar-refractivity contribution in [3.8, 4) is 11.5 Å². The van der Waals surface area contributed by atoms with Crippen LogP contribution < -0.4 is 14.8 Å². The standard InChI is InChI=1S/C10H11NO2S/c1-2-8(11-7-4-14-5-7)10-9(3-1)12-6-13-10/h1-3,7,11H,4-6H2. The van der Waals surface area contributed by atoms with Crippen LogP contribution in [0.25, 0.3) is 0 Å². The van der Waals surface area contributed by atoms with E-state index in [1.54, 1.807) is 0 Å². The molecule has 2 aliphatic rings. The summed E-state index contributed by atoms with van der Waals surface area (Å²) < 4.78 is 10.7. The summed E-state index contributed by atoms with van der Waals surface area (Å²) in [6.45, 7) is 0.341. The Balaban J connectivity index is 1.85. The first-order chi connectivity index (χ1) is 6.93. The minimum Gasteiger partial charge on any atom is -0.454 e. The highest BCUT2D eigenvalue weighted by atomic mass is 32.2. The van der Waals surface area contributed by atoms with Crippen LogP contribution in [0.15, 0.2) is 18.2 Å². The van der Waals surface area contributed by atoms with Crippen molar-refractivity contribution in [2.75, 3.05) is 23.6 Å². The minimum absolute atomic E-state index is 0.341. The molecule has 0 aromatic heterocycles. The van der Waals surface area contributed by atoms with E-state index in [0.29, 0.717) is 12.8 Å². The molecule has 3 nitrogen and oxygen atoms in total. The number of rotatable bonds is 2. The van der Waals surface area contributed by atoms with Gasteiger partial charge in [0.05, 0.1) is 5.69 Å². The molecule has 0 bridgehead atoms. The Morgan fingerprint density at radius 3 is 3.00 bits per heavy atom. The quantitative estimate of drug-likeness (QED) is 0.806. The van der Waals surface area contributed by atoms with Crippen LogP contribution in [0.5, 0.6) is 11.5 Å². The summed E-state index contributed by atoms with van der Waals surface area (Å²) in [5.74, 6) is 4.08. The van der Waals surface area contributed by atoms with Gasteiger partial charge < -0.3 is 14.8 Å². The molecule has 2 aliphatic heterocycles. The Morgan fingerprint density at radius 2 is 2.21 bits per heavy atom. The highest BCUT2D eigenvalue weighted by Crippen LogP contribution is 2.39. The van der Waals surface area contributed by atoms with Gasteiger partial charge in [0.1, 0.15) is 0 Å². The number of nitrogens with one attached hydrogen (secondary N) is 1. The van der Waals surface area contributed by atoms with Gasteiger partial charge in [-0.25, -0.2) is 0 Å². The van der Waals surface area contributed by atoms with Crippen LogP contribution in [-0.2, 0) is 0 Å². The van der Waals surface area contributed by atoms with Gasteiger partial charge in [-0.3, -0.25) is 0 Å². The Labute approximate surface area is 86.8 Å². The lowest BCUT2D eigenvalue weighted by molar-refractivity contribution is 0.174. The van der Waals surface area contributed by atoms with Gasteiger partial charge in [-0.15, -0.1) is 0 Å². The maximum absolute atomic E-state index is 5.41. The van der Waals surface area contributed by atoms with Crippen LogP contribution in [0.2, 0.25) is 0 Å². The van der Waals surface area contributed by atoms with Gasteiger partial charge >= 0.3 is 0 Å². The highest BCUT2D eigenvalue weighted by molar-refractivity contribution is 8.00. The lowest BCUT2D eigenvalue weighted by atomic mass is 10.2. The van der Waals surface area contributed by atoms with E-state index in [-0.39, 0.29) is 0 Å². The molecule has 1 aromatic carbocycles. The number of anilines is 1. The largest absolute Gasteiger partial charge is 0.454 e. The fourth-order valence-corrected chi connectivity index (χ4v) is 2.22. The number of benzene rings is 1. The third-order valence-electron chi connectivity index (χ3n) is 2.39. The van der Waals surface area contributed by atoms with E-state index in [2.05, 4.69) is 5.32 Å². The molecule has 0 spiro atoms. The summed E-state index contributed by atoms with van der Waals surface area (Å²) in [6, 6.07) is 6.55. The number of thioether (sulfide) groups is 1. The van der Waals surface area contributed by atoms with Gasteiger partial charge in [-0.05, 0) is 12.1 Å². The maximum atomic E-state index is 5.41. The zero-order valence-corrected chi connectivity index (χ0v) is 8.47. The Kier molecular flexibility index (Phi) is 1.94. The normalized spacial score (nSPS) is 19.1. The molecule has 1 saturated heterocycles. The average Bonchev–Trinajstić information content (AvgIpc) is 2.59. The summed E-state index contributed by atoms with van der Waals surface area (Å²) in [5.41, 5.74) is 1.06. The smallest absolute Gasteiger partial charge is 0.231 e. The van der Waals surface area contributed by atoms with E-state index < -0.39 is 0 Å². The van der Waals surface area contributed by atoms with Crippen molar-refractivity contribution in [2.45, 2.75) is 6.04 Å². The average molecular weight is 209 g/mol. The second-order valence-corrected chi connectivity index (χ2v) is 4.49. The zero-order chi connectivity index (χ0) is 9.38. The molecule has 3 rings (SSSR count). The molecule has 1 aromatic rings. The van der Waals surface area contributed by atoms with Gasteiger partial charge in [-0.1, -0.05) is 6.07 Å². The monoisotopic (exact) mass is 209 g/mol. The summed E-state index contributed by atoms with van der Waals surface area (Å²) in [4.78, 5) is 0. The number of hydrogen-bond donors (Lipinski definition) is 1. The molecule has 74 valence electrons.